The number of nitrogens with zero attached hydrogens (tertiary/aromatic N) is 5. The van der Waals surface area contributed by atoms with Gasteiger partial charge in [0.2, 0.25) is 0 Å². The molecule has 0 aliphatic rings. The fourth-order valence-corrected chi connectivity index (χ4v) is 2.08. The largest absolute Gasteiger partial charge is 0.348 e. The highest BCUT2D eigenvalue weighted by molar-refractivity contribution is 9.10. The first-order chi connectivity index (χ1) is 8.54. The average molecular weight is 312 g/mol. The first kappa shape index (κ1) is 12.9. The molecule has 7 heteroatoms. The maximum atomic E-state index is 11.9. The van der Waals surface area contributed by atoms with Crippen molar-refractivity contribution in [2.75, 3.05) is 0 Å². The van der Waals surface area contributed by atoms with Gasteiger partial charge in [0.1, 0.15) is 12.2 Å². The van der Waals surface area contributed by atoms with Crippen molar-refractivity contribution in [3.05, 3.63) is 38.5 Å². The minimum absolute atomic E-state index is 0.265. The van der Waals surface area contributed by atoms with Crippen LogP contribution in [0, 0.1) is 13.8 Å². The maximum absolute atomic E-state index is 11.9. The number of hydrogen-bond acceptors (Lipinski definition) is 4. The Labute approximate surface area is 113 Å². The van der Waals surface area contributed by atoms with Crippen LogP contribution in [-0.4, -0.2) is 24.3 Å². The standard InChI is InChI=1S/C11H14BrN5O/c1-4-17-9(13-6-14-17)5-16-8(3)10(12)7(2)15-11(16)18/h6H,4-5H2,1-3H3. The minimum atomic E-state index is -0.265. The van der Waals surface area contributed by atoms with E-state index in [4.69, 9.17) is 0 Å². The molecule has 0 bridgehead atoms. The summed E-state index contributed by atoms with van der Waals surface area (Å²) in [6.07, 6.45) is 1.50. The monoisotopic (exact) mass is 311 g/mol. The molecule has 2 heterocycles. The van der Waals surface area contributed by atoms with E-state index < -0.39 is 0 Å². The minimum Gasteiger partial charge on any atom is -0.288 e. The summed E-state index contributed by atoms with van der Waals surface area (Å²) in [7, 11) is 0. The van der Waals surface area contributed by atoms with E-state index in [2.05, 4.69) is 31.0 Å². The van der Waals surface area contributed by atoms with Crippen molar-refractivity contribution >= 4 is 15.9 Å². The van der Waals surface area contributed by atoms with Crippen molar-refractivity contribution in [2.24, 2.45) is 0 Å². The molecule has 0 aliphatic heterocycles. The molecule has 0 radical (unpaired) electrons. The number of hydrogen-bond donors (Lipinski definition) is 0. The van der Waals surface area contributed by atoms with Gasteiger partial charge in [-0.2, -0.15) is 10.1 Å². The van der Waals surface area contributed by atoms with E-state index in [0.717, 1.165) is 22.5 Å². The molecular weight excluding hydrogens is 298 g/mol. The molecule has 96 valence electrons. The lowest BCUT2D eigenvalue weighted by Crippen LogP contribution is -2.28. The van der Waals surface area contributed by atoms with Crippen LogP contribution in [-0.2, 0) is 13.1 Å². The zero-order valence-corrected chi connectivity index (χ0v) is 12.1. The second kappa shape index (κ2) is 5.01. The van der Waals surface area contributed by atoms with E-state index >= 15 is 0 Å². The molecule has 0 aromatic carbocycles. The third-order valence-electron chi connectivity index (χ3n) is 2.83. The van der Waals surface area contributed by atoms with Crippen LogP contribution in [0.15, 0.2) is 15.6 Å². The van der Waals surface area contributed by atoms with Crippen LogP contribution < -0.4 is 5.69 Å². The number of aromatic nitrogens is 5. The Morgan fingerprint density at radius 3 is 2.78 bits per heavy atom. The lowest BCUT2D eigenvalue weighted by Gasteiger charge is -2.11. The van der Waals surface area contributed by atoms with Crippen molar-refractivity contribution in [1.29, 1.82) is 0 Å². The molecule has 0 amide bonds. The second-order valence-electron chi connectivity index (χ2n) is 3.96. The van der Waals surface area contributed by atoms with Crippen LogP contribution in [0.4, 0.5) is 0 Å². The molecule has 0 N–H and O–H groups in total. The Morgan fingerprint density at radius 2 is 2.11 bits per heavy atom. The summed E-state index contributed by atoms with van der Waals surface area (Å²) in [6, 6.07) is 0. The smallest absolute Gasteiger partial charge is 0.288 e. The summed E-state index contributed by atoms with van der Waals surface area (Å²) in [5.74, 6) is 0.750. The summed E-state index contributed by atoms with van der Waals surface area (Å²) < 4.78 is 4.21. The van der Waals surface area contributed by atoms with Crippen molar-refractivity contribution in [3.8, 4) is 0 Å². The fraction of sp³-hybridized carbons (Fsp3) is 0.455. The summed E-state index contributed by atoms with van der Waals surface area (Å²) >= 11 is 3.44. The van der Waals surface area contributed by atoms with Gasteiger partial charge in [-0.05, 0) is 36.7 Å². The first-order valence-electron chi connectivity index (χ1n) is 5.64. The van der Waals surface area contributed by atoms with Crippen LogP contribution in [0.2, 0.25) is 0 Å². The lowest BCUT2D eigenvalue weighted by molar-refractivity contribution is 0.572. The molecular formula is C11H14BrN5O. The summed E-state index contributed by atoms with van der Waals surface area (Å²) in [5, 5.41) is 4.09. The topological polar surface area (TPSA) is 65.6 Å². The summed E-state index contributed by atoms with van der Waals surface area (Å²) in [5.41, 5.74) is 1.28. The van der Waals surface area contributed by atoms with Gasteiger partial charge in [-0.1, -0.05) is 0 Å². The molecule has 2 rings (SSSR count). The maximum Gasteiger partial charge on any atom is 0.348 e. The normalized spacial score (nSPS) is 10.9. The van der Waals surface area contributed by atoms with Gasteiger partial charge < -0.3 is 0 Å². The fourth-order valence-electron chi connectivity index (χ4n) is 1.78. The molecule has 0 aliphatic carbocycles. The van der Waals surface area contributed by atoms with E-state index in [-0.39, 0.29) is 5.69 Å². The Morgan fingerprint density at radius 1 is 1.39 bits per heavy atom. The zero-order chi connectivity index (χ0) is 13.3. The molecule has 0 unspecified atom stereocenters. The quantitative estimate of drug-likeness (QED) is 0.856. The van der Waals surface area contributed by atoms with Gasteiger partial charge in [-0.3, -0.25) is 4.57 Å². The molecule has 2 aromatic rings. The Hall–Kier alpha value is -1.50. The molecule has 0 saturated heterocycles. The molecule has 18 heavy (non-hydrogen) atoms. The van der Waals surface area contributed by atoms with Crippen molar-refractivity contribution in [2.45, 2.75) is 33.9 Å². The first-order valence-corrected chi connectivity index (χ1v) is 6.44. The van der Waals surface area contributed by atoms with E-state index in [1.165, 1.54) is 6.33 Å². The Balaban J connectivity index is 2.47. The van der Waals surface area contributed by atoms with E-state index in [1.54, 1.807) is 16.2 Å². The molecule has 0 atom stereocenters. The van der Waals surface area contributed by atoms with Gasteiger partial charge in [0.15, 0.2) is 0 Å². The molecule has 0 saturated carbocycles. The highest BCUT2D eigenvalue weighted by atomic mass is 79.9. The molecule has 2 aromatic heterocycles. The molecule has 0 spiro atoms. The van der Waals surface area contributed by atoms with E-state index in [1.807, 2.05) is 13.8 Å². The average Bonchev–Trinajstić information content (AvgIpc) is 2.79. The molecule has 6 nitrogen and oxygen atoms in total. The number of aryl methyl sites for hydroxylation is 2. The SMILES string of the molecule is CCn1ncnc1Cn1c(C)c(Br)c(C)nc1=O. The third kappa shape index (κ3) is 2.22. The van der Waals surface area contributed by atoms with Crippen LogP contribution >= 0.6 is 15.9 Å². The van der Waals surface area contributed by atoms with Crippen LogP contribution in [0.5, 0.6) is 0 Å². The predicted molar refractivity (Wildman–Crippen MR) is 70.5 cm³/mol. The van der Waals surface area contributed by atoms with Gasteiger partial charge in [0.05, 0.1) is 16.7 Å². The van der Waals surface area contributed by atoms with Gasteiger partial charge in [0.25, 0.3) is 0 Å². The van der Waals surface area contributed by atoms with E-state index in [0.29, 0.717) is 12.2 Å². The molecule has 0 fully saturated rings. The number of halogens is 1. The van der Waals surface area contributed by atoms with Crippen LogP contribution in [0.1, 0.15) is 24.1 Å². The zero-order valence-electron chi connectivity index (χ0n) is 10.5. The van der Waals surface area contributed by atoms with Crippen molar-refractivity contribution in [1.82, 2.24) is 24.3 Å². The van der Waals surface area contributed by atoms with Crippen molar-refractivity contribution < 1.29 is 0 Å². The highest BCUT2D eigenvalue weighted by Crippen LogP contribution is 2.17. The third-order valence-corrected chi connectivity index (χ3v) is 3.98. The van der Waals surface area contributed by atoms with Crippen molar-refractivity contribution in [3.63, 3.8) is 0 Å². The second-order valence-corrected chi connectivity index (χ2v) is 4.75. The predicted octanol–water partition coefficient (Wildman–Crippen LogP) is 1.28. The Kier molecular flexibility index (Phi) is 3.60. The van der Waals surface area contributed by atoms with Gasteiger partial charge in [-0.25, -0.2) is 14.5 Å². The van der Waals surface area contributed by atoms with Crippen LogP contribution in [0.25, 0.3) is 0 Å². The van der Waals surface area contributed by atoms with Gasteiger partial charge in [0, 0.05) is 12.2 Å². The van der Waals surface area contributed by atoms with E-state index in [9.17, 15) is 4.79 Å². The Bertz CT molecular complexity index is 631. The number of rotatable bonds is 3. The lowest BCUT2D eigenvalue weighted by atomic mass is 10.3. The van der Waals surface area contributed by atoms with Gasteiger partial charge >= 0.3 is 5.69 Å². The van der Waals surface area contributed by atoms with Gasteiger partial charge in [-0.15, -0.1) is 0 Å². The van der Waals surface area contributed by atoms with Crippen LogP contribution in [0.3, 0.4) is 0 Å². The highest BCUT2D eigenvalue weighted by Gasteiger charge is 2.12. The summed E-state index contributed by atoms with van der Waals surface area (Å²) in [4.78, 5) is 20.1. The summed E-state index contributed by atoms with van der Waals surface area (Å²) in [6.45, 7) is 6.77.